The maximum absolute atomic E-state index is 5.28. The first-order chi connectivity index (χ1) is 15.1. The van der Waals surface area contributed by atoms with Crippen molar-refractivity contribution in [2.45, 2.75) is 26.3 Å². The minimum Gasteiger partial charge on any atom is -0.497 e. The first-order valence-electron chi connectivity index (χ1n) is 10.5. The number of methoxy groups -OCH3 is 1. The van der Waals surface area contributed by atoms with Crippen LogP contribution in [0.15, 0.2) is 77.1 Å². The van der Waals surface area contributed by atoms with E-state index in [1.54, 1.807) is 7.11 Å². The van der Waals surface area contributed by atoms with Crippen molar-refractivity contribution in [1.82, 2.24) is 4.98 Å². The number of aryl methyl sites for hydroxylation is 2. The zero-order valence-corrected chi connectivity index (χ0v) is 18.0. The van der Waals surface area contributed by atoms with E-state index in [2.05, 4.69) is 71.9 Å². The second-order valence-corrected chi connectivity index (χ2v) is 8.08. The summed E-state index contributed by atoms with van der Waals surface area (Å²) in [4.78, 5) is 8.46. The van der Waals surface area contributed by atoms with Gasteiger partial charge < -0.3 is 20.4 Å². The van der Waals surface area contributed by atoms with Crippen LogP contribution in [0, 0.1) is 13.8 Å². The van der Waals surface area contributed by atoms with E-state index in [0.717, 1.165) is 46.4 Å². The van der Waals surface area contributed by atoms with Gasteiger partial charge in [-0.2, -0.15) is 0 Å². The molecule has 1 atom stereocenters. The number of nitrogens with one attached hydrogen (secondary N) is 3. The van der Waals surface area contributed by atoms with Gasteiger partial charge in [-0.1, -0.05) is 18.2 Å². The lowest BCUT2D eigenvalue weighted by atomic mass is 10.1. The fraction of sp³-hybridized carbons (Fsp3) is 0.192. The van der Waals surface area contributed by atoms with Crippen LogP contribution in [0.5, 0.6) is 5.75 Å². The summed E-state index contributed by atoms with van der Waals surface area (Å²) in [7, 11) is 1.68. The van der Waals surface area contributed by atoms with Crippen LogP contribution in [-0.2, 0) is 6.42 Å². The summed E-state index contributed by atoms with van der Waals surface area (Å²) in [5.41, 5.74) is 9.93. The van der Waals surface area contributed by atoms with E-state index in [0.29, 0.717) is 0 Å². The molecule has 0 amide bonds. The van der Waals surface area contributed by atoms with Gasteiger partial charge in [-0.3, -0.25) is 0 Å². The quantitative estimate of drug-likeness (QED) is 0.523. The third kappa shape index (κ3) is 3.87. The van der Waals surface area contributed by atoms with Crippen molar-refractivity contribution in [3.05, 3.63) is 94.6 Å². The summed E-state index contributed by atoms with van der Waals surface area (Å²) in [6.07, 6.45) is 5.22. The number of anilines is 2. The van der Waals surface area contributed by atoms with Gasteiger partial charge in [-0.15, -0.1) is 0 Å². The molecule has 1 unspecified atom stereocenters. The highest BCUT2D eigenvalue weighted by Crippen LogP contribution is 2.31. The molecule has 2 aromatic carbocycles. The maximum atomic E-state index is 5.28. The molecule has 1 aromatic heterocycles. The number of rotatable bonds is 5. The van der Waals surface area contributed by atoms with Gasteiger partial charge in [0.1, 0.15) is 5.75 Å². The molecule has 0 aliphatic carbocycles. The van der Waals surface area contributed by atoms with Gasteiger partial charge in [-0.25, -0.2) is 4.99 Å². The average molecular weight is 411 g/mol. The zero-order chi connectivity index (χ0) is 21.4. The predicted molar refractivity (Wildman–Crippen MR) is 128 cm³/mol. The molecule has 31 heavy (non-hydrogen) atoms. The van der Waals surface area contributed by atoms with Crippen molar-refractivity contribution in [3.8, 4) is 5.75 Å². The van der Waals surface area contributed by atoms with Crippen LogP contribution < -0.4 is 15.4 Å². The Morgan fingerprint density at radius 1 is 1.10 bits per heavy atom. The van der Waals surface area contributed by atoms with Crippen LogP contribution in [0.4, 0.5) is 11.4 Å². The Morgan fingerprint density at radius 2 is 1.90 bits per heavy atom. The Morgan fingerprint density at radius 3 is 2.61 bits per heavy atom. The van der Waals surface area contributed by atoms with Crippen LogP contribution >= 0.6 is 0 Å². The lowest BCUT2D eigenvalue weighted by Crippen LogP contribution is -2.24. The second-order valence-electron chi connectivity index (χ2n) is 8.08. The molecule has 5 heteroatoms. The summed E-state index contributed by atoms with van der Waals surface area (Å²) in [5, 5.41) is 7.17. The maximum Gasteiger partial charge on any atom is 0.119 e. The number of benzene rings is 2. The van der Waals surface area contributed by atoms with Crippen molar-refractivity contribution in [2.75, 3.05) is 17.7 Å². The molecule has 156 valence electrons. The van der Waals surface area contributed by atoms with E-state index < -0.39 is 0 Å². The van der Waals surface area contributed by atoms with Crippen LogP contribution in [0.1, 0.15) is 22.5 Å². The first kappa shape index (κ1) is 19.2. The molecule has 3 N–H and O–H groups in total. The number of fused-ring (bicyclic) bond motifs is 1. The van der Waals surface area contributed by atoms with Crippen LogP contribution in [0.2, 0.25) is 0 Å². The smallest absolute Gasteiger partial charge is 0.119 e. The predicted octanol–water partition coefficient (Wildman–Crippen LogP) is 5.47. The Hall–Kier alpha value is -3.73. The Balaban J connectivity index is 1.47. The lowest BCUT2D eigenvalue weighted by Gasteiger charge is -2.09. The van der Waals surface area contributed by atoms with Crippen LogP contribution in [0.3, 0.4) is 0 Å². The summed E-state index contributed by atoms with van der Waals surface area (Å²) >= 11 is 0. The number of aromatic amines is 1. The van der Waals surface area contributed by atoms with Crippen molar-refractivity contribution >= 4 is 23.2 Å². The largest absolute Gasteiger partial charge is 0.497 e. The molecular weight excluding hydrogens is 384 g/mol. The van der Waals surface area contributed by atoms with E-state index in [1.807, 2.05) is 24.3 Å². The number of ether oxygens (including phenoxy) is 1. The van der Waals surface area contributed by atoms with Gasteiger partial charge in [0.25, 0.3) is 0 Å². The Bertz CT molecular complexity index is 1190. The normalized spacial score (nSPS) is 18.4. The van der Waals surface area contributed by atoms with E-state index in [9.17, 15) is 0 Å². The first-order valence-corrected chi connectivity index (χ1v) is 10.5. The van der Waals surface area contributed by atoms with Crippen molar-refractivity contribution < 1.29 is 4.74 Å². The molecular formula is C26H26N4O. The molecule has 3 heterocycles. The minimum atomic E-state index is 0.169. The van der Waals surface area contributed by atoms with E-state index >= 15 is 0 Å². The molecule has 5 nitrogen and oxygen atoms in total. The number of hydrogen-bond acceptors (Lipinski definition) is 4. The molecule has 2 aliphatic rings. The molecule has 3 aromatic rings. The molecule has 0 saturated heterocycles. The van der Waals surface area contributed by atoms with Gasteiger partial charge >= 0.3 is 0 Å². The number of hydrogen-bond donors (Lipinski definition) is 3. The minimum absolute atomic E-state index is 0.169. The topological polar surface area (TPSA) is 61.4 Å². The molecule has 5 rings (SSSR count). The fourth-order valence-corrected chi connectivity index (χ4v) is 4.18. The Kier molecular flexibility index (Phi) is 4.86. The van der Waals surface area contributed by atoms with Gasteiger partial charge in [0, 0.05) is 29.2 Å². The van der Waals surface area contributed by atoms with Crippen LogP contribution in [-0.4, -0.2) is 23.8 Å². The average Bonchev–Trinajstić information content (AvgIpc) is 3.46. The monoisotopic (exact) mass is 410 g/mol. The molecule has 0 radical (unpaired) electrons. The number of para-hydroxylation sites is 1. The SMILES string of the molecule is COc1ccc(NC2=CC(C3Cc4ccccc4N3)=N/C2=C\c2[nH]c(C)cc2C)cc1. The number of aliphatic imine (C=N–C) groups is 1. The lowest BCUT2D eigenvalue weighted by molar-refractivity contribution is 0.415. The summed E-state index contributed by atoms with van der Waals surface area (Å²) in [6, 6.07) is 18.7. The molecule has 0 saturated carbocycles. The summed E-state index contributed by atoms with van der Waals surface area (Å²) in [5.74, 6) is 0.837. The second kappa shape index (κ2) is 7.84. The highest BCUT2D eigenvalue weighted by molar-refractivity contribution is 6.07. The third-order valence-electron chi connectivity index (χ3n) is 5.79. The van der Waals surface area contributed by atoms with E-state index in [1.165, 1.54) is 16.8 Å². The highest BCUT2D eigenvalue weighted by Gasteiger charge is 2.27. The van der Waals surface area contributed by atoms with E-state index in [-0.39, 0.29) is 6.04 Å². The fourth-order valence-electron chi connectivity index (χ4n) is 4.18. The van der Waals surface area contributed by atoms with Gasteiger partial charge in [-0.05, 0) is 73.5 Å². The molecule has 0 bridgehead atoms. The summed E-state index contributed by atoms with van der Waals surface area (Å²) < 4.78 is 5.28. The third-order valence-corrected chi connectivity index (χ3v) is 5.79. The number of aromatic nitrogens is 1. The molecule has 0 spiro atoms. The van der Waals surface area contributed by atoms with Crippen molar-refractivity contribution in [2.24, 2.45) is 4.99 Å². The molecule has 2 aliphatic heterocycles. The zero-order valence-electron chi connectivity index (χ0n) is 18.0. The highest BCUT2D eigenvalue weighted by atomic mass is 16.5. The van der Waals surface area contributed by atoms with E-state index in [4.69, 9.17) is 9.73 Å². The van der Waals surface area contributed by atoms with Crippen molar-refractivity contribution in [1.29, 1.82) is 0 Å². The van der Waals surface area contributed by atoms with Gasteiger partial charge in [0.2, 0.25) is 0 Å². The standard InChI is InChI=1S/C26H26N4O/c1-16-12-17(2)27-22(16)14-25-24(28-19-8-10-20(31-3)11-9-19)15-26(30-25)23-13-18-6-4-5-7-21(18)29-23/h4-12,14-15,23,27-29H,13H2,1-3H3/b25-14-. The molecule has 0 fully saturated rings. The Labute approximate surface area is 182 Å². The van der Waals surface area contributed by atoms with Crippen LogP contribution in [0.25, 0.3) is 6.08 Å². The number of nitrogens with zero attached hydrogens (tertiary/aromatic N) is 1. The van der Waals surface area contributed by atoms with Crippen molar-refractivity contribution in [3.63, 3.8) is 0 Å². The van der Waals surface area contributed by atoms with Gasteiger partial charge in [0.15, 0.2) is 0 Å². The van der Waals surface area contributed by atoms with Gasteiger partial charge in [0.05, 0.1) is 30.3 Å². The number of H-pyrrole nitrogens is 1. The summed E-state index contributed by atoms with van der Waals surface area (Å²) in [6.45, 7) is 4.19.